The summed E-state index contributed by atoms with van der Waals surface area (Å²) in [7, 11) is 0. The first-order chi connectivity index (χ1) is 8.59. The SMILES string of the molecule is Cc1ccnc(Cl)c1NC(=O)c1ccccc1I. The Morgan fingerprint density at radius 3 is 2.72 bits per heavy atom. The van der Waals surface area contributed by atoms with Gasteiger partial charge in [0.1, 0.15) is 0 Å². The van der Waals surface area contributed by atoms with Gasteiger partial charge in [0.15, 0.2) is 5.15 Å². The molecule has 2 rings (SSSR count). The number of aryl methyl sites for hydroxylation is 1. The number of halogens is 2. The van der Waals surface area contributed by atoms with Gasteiger partial charge in [-0.1, -0.05) is 23.7 Å². The largest absolute Gasteiger partial charge is 0.319 e. The Bertz CT molecular complexity index is 581. The van der Waals surface area contributed by atoms with Crippen molar-refractivity contribution in [1.29, 1.82) is 0 Å². The molecule has 1 heterocycles. The molecule has 0 fully saturated rings. The maximum absolute atomic E-state index is 12.1. The summed E-state index contributed by atoms with van der Waals surface area (Å²) >= 11 is 8.10. The third-order valence-corrected chi connectivity index (χ3v) is 3.70. The highest BCUT2D eigenvalue weighted by Gasteiger charge is 2.13. The summed E-state index contributed by atoms with van der Waals surface area (Å²) in [6.07, 6.45) is 1.61. The highest BCUT2D eigenvalue weighted by molar-refractivity contribution is 14.1. The summed E-state index contributed by atoms with van der Waals surface area (Å²) in [5, 5.41) is 3.10. The van der Waals surface area contributed by atoms with Crippen LogP contribution in [0.15, 0.2) is 36.5 Å². The molecule has 0 aliphatic carbocycles. The lowest BCUT2D eigenvalue weighted by atomic mass is 10.2. The predicted octanol–water partition coefficient (Wildman–Crippen LogP) is 3.90. The van der Waals surface area contributed by atoms with Crippen LogP contribution in [0.3, 0.4) is 0 Å². The van der Waals surface area contributed by atoms with Crippen LogP contribution in [0.25, 0.3) is 0 Å². The lowest BCUT2D eigenvalue weighted by Crippen LogP contribution is -2.14. The number of carbonyl (C=O) groups excluding carboxylic acids is 1. The zero-order chi connectivity index (χ0) is 13.1. The van der Waals surface area contributed by atoms with E-state index < -0.39 is 0 Å². The molecule has 1 aromatic heterocycles. The van der Waals surface area contributed by atoms with E-state index in [0.29, 0.717) is 16.4 Å². The number of amides is 1. The van der Waals surface area contributed by atoms with Crippen LogP contribution in [0.4, 0.5) is 5.69 Å². The average Bonchev–Trinajstić information content (AvgIpc) is 2.34. The van der Waals surface area contributed by atoms with Crippen molar-refractivity contribution in [3.63, 3.8) is 0 Å². The molecule has 5 heteroatoms. The van der Waals surface area contributed by atoms with Crippen molar-refractivity contribution in [2.45, 2.75) is 6.92 Å². The summed E-state index contributed by atoms with van der Waals surface area (Å²) in [5.74, 6) is -0.182. The molecule has 0 radical (unpaired) electrons. The van der Waals surface area contributed by atoms with Gasteiger partial charge in [0, 0.05) is 9.77 Å². The van der Waals surface area contributed by atoms with Crippen LogP contribution in [0, 0.1) is 10.5 Å². The summed E-state index contributed by atoms with van der Waals surface area (Å²) in [6.45, 7) is 1.87. The Morgan fingerprint density at radius 1 is 1.33 bits per heavy atom. The number of hydrogen-bond acceptors (Lipinski definition) is 2. The lowest BCUT2D eigenvalue weighted by molar-refractivity contribution is 0.102. The molecule has 0 spiro atoms. The maximum atomic E-state index is 12.1. The Kier molecular flexibility index (Phi) is 4.19. The molecule has 0 aliphatic rings. The summed E-state index contributed by atoms with van der Waals surface area (Å²) in [4.78, 5) is 16.1. The van der Waals surface area contributed by atoms with Crippen LogP contribution in [0.2, 0.25) is 5.15 Å². The summed E-state index contributed by atoms with van der Waals surface area (Å²) in [5.41, 5.74) is 2.07. The van der Waals surface area contributed by atoms with Crippen molar-refractivity contribution in [1.82, 2.24) is 4.98 Å². The van der Waals surface area contributed by atoms with Crippen molar-refractivity contribution >= 4 is 45.8 Å². The van der Waals surface area contributed by atoms with Crippen molar-refractivity contribution < 1.29 is 4.79 Å². The van der Waals surface area contributed by atoms with Crippen LogP contribution in [0.5, 0.6) is 0 Å². The van der Waals surface area contributed by atoms with Crippen LogP contribution in [0.1, 0.15) is 15.9 Å². The van der Waals surface area contributed by atoms with Gasteiger partial charge in [0.05, 0.1) is 11.3 Å². The third-order valence-electron chi connectivity index (χ3n) is 2.47. The van der Waals surface area contributed by atoms with Gasteiger partial charge >= 0.3 is 0 Å². The number of hydrogen-bond donors (Lipinski definition) is 1. The highest BCUT2D eigenvalue weighted by Crippen LogP contribution is 2.24. The van der Waals surface area contributed by atoms with Gasteiger partial charge in [-0.05, 0) is 53.3 Å². The lowest BCUT2D eigenvalue weighted by Gasteiger charge is -2.10. The monoisotopic (exact) mass is 372 g/mol. The minimum Gasteiger partial charge on any atom is -0.319 e. The molecule has 3 nitrogen and oxygen atoms in total. The van der Waals surface area contributed by atoms with Crippen molar-refractivity contribution in [3.8, 4) is 0 Å². The van der Waals surface area contributed by atoms with E-state index in [4.69, 9.17) is 11.6 Å². The first kappa shape index (κ1) is 13.3. The van der Waals surface area contributed by atoms with Gasteiger partial charge in [0.2, 0.25) is 0 Å². The molecule has 0 unspecified atom stereocenters. The maximum Gasteiger partial charge on any atom is 0.256 e. The normalized spacial score (nSPS) is 10.2. The molecule has 0 bridgehead atoms. The second kappa shape index (κ2) is 5.67. The second-order valence-corrected chi connectivity index (χ2v) is 5.25. The van der Waals surface area contributed by atoms with E-state index in [1.807, 2.05) is 25.1 Å². The fraction of sp³-hybridized carbons (Fsp3) is 0.0769. The highest BCUT2D eigenvalue weighted by atomic mass is 127. The molecular formula is C13H10ClIN2O. The van der Waals surface area contributed by atoms with Crippen molar-refractivity contribution in [2.24, 2.45) is 0 Å². The fourth-order valence-corrected chi connectivity index (χ4v) is 2.39. The molecule has 1 aromatic carbocycles. The van der Waals surface area contributed by atoms with E-state index in [1.54, 1.807) is 18.3 Å². The number of nitrogens with one attached hydrogen (secondary N) is 1. The van der Waals surface area contributed by atoms with Gasteiger partial charge in [-0.25, -0.2) is 4.98 Å². The van der Waals surface area contributed by atoms with Crippen LogP contribution >= 0.6 is 34.2 Å². The van der Waals surface area contributed by atoms with Gasteiger partial charge in [-0.15, -0.1) is 0 Å². The standard InChI is InChI=1S/C13H10ClIN2O/c1-8-6-7-16-12(14)11(8)17-13(18)9-4-2-3-5-10(9)15/h2-7H,1H3,(H,17,18). The molecule has 0 saturated carbocycles. The van der Waals surface area contributed by atoms with Crippen molar-refractivity contribution in [3.05, 3.63) is 56.4 Å². The van der Waals surface area contributed by atoms with E-state index >= 15 is 0 Å². The zero-order valence-corrected chi connectivity index (χ0v) is 12.5. The number of anilines is 1. The van der Waals surface area contributed by atoms with Crippen LogP contribution in [-0.2, 0) is 0 Å². The van der Waals surface area contributed by atoms with Gasteiger partial charge < -0.3 is 5.32 Å². The van der Waals surface area contributed by atoms with Gasteiger partial charge in [0.25, 0.3) is 5.91 Å². The molecule has 1 amide bonds. The minimum atomic E-state index is -0.182. The van der Waals surface area contributed by atoms with Gasteiger partial charge in [-0.3, -0.25) is 4.79 Å². The Morgan fingerprint density at radius 2 is 2.06 bits per heavy atom. The molecule has 2 aromatic rings. The Hall–Kier alpha value is -1.14. The number of nitrogens with zero attached hydrogens (tertiary/aromatic N) is 1. The molecule has 18 heavy (non-hydrogen) atoms. The predicted molar refractivity (Wildman–Crippen MR) is 81.1 cm³/mol. The van der Waals surface area contributed by atoms with Crippen molar-refractivity contribution in [2.75, 3.05) is 5.32 Å². The minimum absolute atomic E-state index is 0.182. The molecular weight excluding hydrogens is 363 g/mol. The van der Waals surface area contributed by atoms with E-state index in [1.165, 1.54) is 0 Å². The Balaban J connectivity index is 2.30. The number of pyridine rings is 1. The molecule has 92 valence electrons. The van der Waals surface area contributed by atoms with E-state index in [9.17, 15) is 4.79 Å². The van der Waals surface area contributed by atoms with E-state index in [0.717, 1.165) is 9.13 Å². The number of rotatable bonds is 2. The summed E-state index contributed by atoms with van der Waals surface area (Å²) < 4.78 is 0.894. The third kappa shape index (κ3) is 2.81. The quantitative estimate of drug-likeness (QED) is 0.642. The molecule has 0 atom stereocenters. The van der Waals surface area contributed by atoms with Crippen LogP contribution in [-0.4, -0.2) is 10.9 Å². The molecule has 0 aliphatic heterocycles. The van der Waals surface area contributed by atoms with E-state index in [2.05, 4.69) is 32.9 Å². The smallest absolute Gasteiger partial charge is 0.256 e. The topological polar surface area (TPSA) is 42.0 Å². The number of benzene rings is 1. The van der Waals surface area contributed by atoms with Crippen LogP contribution < -0.4 is 5.32 Å². The fourth-order valence-electron chi connectivity index (χ4n) is 1.50. The molecule has 0 saturated heterocycles. The number of aromatic nitrogens is 1. The Labute approximate surface area is 124 Å². The first-order valence-corrected chi connectivity index (χ1v) is 6.72. The zero-order valence-electron chi connectivity index (χ0n) is 9.58. The summed E-state index contributed by atoms with van der Waals surface area (Å²) in [6, 6.07) is 9.18. The number of carbonyl (C=O) groups is 1. The molecule has 1 N–H and O–H groups in total. The van der Waals surface area contributed by atoms with Gasteiger partial charge in [-0.2, -0.15) is 0 Å². The average molecular weight is 373 g/mol. The second-order valence-electron chi connectivity index (χ2n) is 3.73. The first-order valence-electron chi connectivity index (χ1n) is 5.26. The van der Waals surface area contributed by atoms with E-state index in [-0.39, 0.29) is 5.91 Å².